The van der Waals surface area contributed by atoms with Crippen molar-refractivity contribution in [2.45, 2.75) is 19.9 Å². The summed E-state index contributed by atoms with van der Waals surface area (Å²) in [6, 6.07) is 6.82. The molecule has 0 N–H and O–H groups in total. The molecule has 108 valence electrons. The summed E-state index contributed by atoms with van der Waals surface area (Å²) in [5.74, 6) is 0. The van der Waals surface area contributed by atoms with Gasteiger partial charge in [-0.05, 0) is 47.6 Å². The highest BCUT2D eigenvalue weighted by Crippen LogP contribution is 2.36. The van der Waals surface area contributed by atoms with E-state index in [0.29, 0.717) is 0 Å². The molecule has 0 spiro atoms. The van der Waals surface area contributed by atoms with Gasteiger partial charge in [0.2, 0.25) is 0 Å². The second-order valence-electron chi connectivity index (χ2n) is 5.87. The molecule has 0 unspecified atom stereocenters. The summed E-state index contributed by atoms with van der Waals surface area (Å²) in [6.07, 6.45) is 1.11. The van der Waals surface area contributed by atoms with Gasteiger partial charge in [0, 0.05) is 41.4 Å². The Kier molecular flexibility index (Phi) is 3.21. The Labute approximate surface area is 137 Å². The first kappa shape index (κ1) is 13.6. The maximum Gasteiger partial charge on any atom is 0.0708 e. The predicted octanol–water partition coefficient (Wildman–Crippen LogP) is 4.75. The summed E-state index contributed by atoms with van der Waals surface area (Å²) in [4.78, 5) is 2.41. The highest BCUT2D eigenvalue weighted by Gasteiger charge is 2.24. The number of thiophene rings is 1. The lowest BCUT2D eigenvalue weighted by atomic mass is 10.0. The van der Waals surface area contributed by atoms with Gasteiger partial charge < -0.3 is 9.47 Å². The molecular formula is C17H17BrN2S. The number of rotatable bonds is 1. The number of aryl methyl sites for hydroxylation is 1. The van der Waals surface area contributed by atoms with E-state index in [2.05, 4.69) is 68.3 Å². The Bertz CT molecular complexity index is 831. The van der Waals surface area contributed by atoms with Crippen LogP contribution in [0.25, 0.3) is 16.6 Å². The van der Waals surface area contributed by atoms with Crippen LogP contribution in [0.4, 0.5) is 0 Å². The lowest BCUT2D eigenvalue weighted by Gasteiger charge is -2.24. The van der Waals surface area contributed by atoms with Crippen molar-refractivity contribution in [3.63, 3.8) is 0 Å². The quantitative estimate of drug-likeness (QED) is 0.607. The van der Waals surface area contributed by atoms with Crippen molar-refractivity contribution in [3.8, 4) is 5.69 Å². The van der Waals surface area contributed by atoms with E-state index in [4.69, 9.17) is 0 Å². The molecule has 21 heavy (non-hydrogen) atoms. The summed E-state index contributed by atoms with van der Waals surface area (Å²) in [6.45, 7) is 4.35. The molecule has 0 aliphatic carbocycles. The van der Waals surface area contributed by atoms with Crippen LogP contribution in [0.5, 0.6) is 0 Å². The molecular weight excluding hydrogens is 344 g/mol. The van der Waals surface area contributed by atoms with E-state index >= 15 is 0 Å². The zero-order chi connectivity index (χ0) is 14.6. The van der Waals surface area contributed by atoms with Crippen LogP contribution < -0.4 is 0 Å². The van der Waals surface area contributed by atoms with Crippen LogP contribution >= 0.6 is 27.3 Å². The van der Waals surface area contributed by atoms with Gasteiger partial charge >= 0.3 is 0 Å². The first-order valence-electron chi connectivity index (χ1n) is 7.18. The number of fused-ring (bicyclic) bond motifs is 3. The fourth-order valence-corrected chi connectivity index (χ4v) is 4.75. The SMILES string of the molecule is Cc1ccc2c(c1)c1c(n2-c2cscc2Br)CCN(C)C1. The van der Waals surface area contributed by atoms with E-state index in [1.165, 1.54) is 37.9 Å². The molecule has 0 saturated heterocycles. The molecule has 0 atom stereocenters. The van der Waals surface area contributed by atoms with Crippen molar-refractivity contribution in [2.75, 3.05) is 13.6 Å². The van der Waals surface area contributed by atoms with Gasteiger partial charge in [0.25, 0.3) is 0 Å². The summed E-state index contributed by atoms with van der Waals surface area (Å²) in [7, 11) is 2.21. The van der Waals surface area contributed by atoms with E-state index in [9.17, 15) is 0 Å². The molecule has 1 aliphatic rings. The Morgan fingerprint density at radius 3 is 2.86 bits per heavy atom. The molecule has 1 aliphatic heterocycles. The minimum absolute atomic E-state index is 1.05. The standard InChI is InChI=1S/C17H17BrN2S/c1-11-3-4-15-12(7-11)13-8-19(2)6-5-16(13)20(15)17-10-21-9-14(17)18/h3-4,7,9-10H,5-6,8H2,1-2H3. The number of likely N-dealkylation sites (N-methyl/N-ethyl adjacent to an activating group) is 1. The van der Waals surface area contributed by atoms with Gasteiger partial charge in [-0.3, -0.25) is 0 Å². The first-order valence-corrected chi connectivity index (χ1v) is 8.92. The molecule has 4 rings (SSSR count). The van der Waals surface area contributed by atoms with Gasteiger partial charge in [-0.25, -0.2) is 0 Å². The van der Waals surface area contributed by atoms with Crippen LogP contribution in [0.3, 0.4) is 0 Å². The third kappa shape index (κ3) is 2.08. The minimum Gasteiger partial charge on any atom is -0.311 e. The Hall–Kier alpha value is -1.10. The van der Waals surface area contributed by atoms with E-state index in [0.717, 1.165) is 19.5 Å². The van der Waals surface area contributed by atoms with Crippen LogP contribution in [0.15, 0.2) is 33.4 Å². The van der Waals surface area contributed by atoms with Crippen molar-refractivity contribution < 1.29 is 0 Å². The maximum absolute atomic E-state index is 3.71. The van der Waals surface area contributed by atoms with Crippen LogP contribution in [-0.4, -0.2) is 23.1 Å². The fraction of sp³-hybridized carbons (Fsp3) is 0.294. The average molecular weight is 361 g/mol. The number of hydrogen-bond acceptors (Lipinski definition) is 2. The average Bonchev–Trinajstić information content (AvgIpc) is 3.00. The van der Waals surface area contributed by atoms with Gasteiger partial charge in [-0.1, -0.05) is 11.6 Å². The number of hydrogen-bond donors (Lipinski definition) is 0. The van der Waals surface area contributed by atoms with Crippen LogP contribution in [0.1, 0.15) is 16.8 Å². The second kappa shape index (κ2) is 4.97. The molecule has 3 heterocycles. The summed E-state index contributed by atoms with van der Waals surface area (Å²) in [5.41, 5.74) is 6.92. The number of aromatic nitrogens is 1. The van der Waals surface area contributed by atoms with Crippen molar-refractivity contribution in [1.82, 2.24) is 9.47 Å². The molecule has 0 fully saturated rings. The smallest absolute Gasteiger partial charge is 0.0708 e. The summed E-state index contributed by atoms with van der Waals surface area (Å²) in [5, 5.41) is 5.81. The maximum atomic E-state index is 3.71. The Balaban J connectivity index is 2.09. The van der Waals surface area contributed by atoms with Gasteiger partial charge in [0.1, 0.15) is 0 Å². The van der Waals surface area contributed by atoms with Crippen molar-refractivity contribution in [1.29, 1.82) is 0 Å². The van der Waals surface area contributed by atoms with Crippen LogP contribution in [-0.2, 0) is 13.0 Å². The minimum atomic E-state index is 1.05. The molecule has 0 bridgehead atoms. The highest BCUT2D eigenvalue weighted by molar-refractivity contribution is 9.10. The lowest BCUT2D eigenvalue weighted by Crippen LogP contribution is -2.27. The third-order valence-electron chi connectivity index (χ3n) is 4.33. The second-order valence-corrected chi connectivity index (χ2v) is 7.47. The van der Waals surface area contributed by atoms with Crippen molar-refractivity contribution >= 4 is 38.2 Å². The van der Waals surface area contributed by atoms with Gasteiger partial charge in [0.15, 0.2) is 0 Å². The normalized spacial score (nSPS) is 15.6. The first-order chi connectivity index (χ1) is 10.1. The summed E-state index contributed by atoms with van der Waals surface area (Å²) >= 11 is 5.46. The van der Waals surface area contributed by atoms with Crippen molar-refractivity contribution in [3.05, 3.63) is 50.3 Å². The van der Waals surface area contributed by atoms with Gasteiger partial charge in [-0.2, -0.15) is 0 Å². The molecule has 0 saturated carbocycles. The monoisotopic (exact) mass is 360 g/mol. The third-order valence-corrected chi connectivity index (χ3v) is 6.00. The number of halogens is 1. The zero-order valence-electron chi connectivity index (χ0n) is 12.2. The van der Waals surface area contributed by atoms with E-state index < -0.39 is 0 Å². The lowest BCUT2D eigenvalue weighted by molar-refractivity contribution is 0.311. The van der Waals surface area contributed by atoms with Gasteiger partial charge in [0.05, 0.1) is 15.7 Å². The molecule has 4 heteroatoms. The fourth-order valence-electron chi connectivity index (χ4n) is 3.32. The molecule has 2 aromatic heterocycles. The van der Waals surface area contributed by atoms with E-state index in [1.54, 1.807) is 11.3 Å². The molecule has 2 nitrogen and oxygen atoms in total. The van der Waals surface area contributed by atoms with Gasteiger partial charge in [-0.15, -0.1) is 11.3 Å². The molecule has 0 radical (unpaired) electrons. The Morgan fingerprint density at radius 1 is 1.24 bits per heavy atom. The molecule has 3 aromatic rings. The largest absolute Gasteiger partial charge is 0.311 e. The summed E-state index contributed by atoms with van der Waals surface area (Å²) < 4.78 is 3.64. The van der Waals surface area contributed by atoms with E-state index in [1.807, 2.05) is 0 Å². The van der Waals surface area contributed by atoms with Crippen LogP contribution in [0, 0.1) is 6.92 Å². The number of nitrogens with zero attached hydrogens (tertiary/aromatic N) is 2. The molecule has 1 aromatic carbocycles. The Morgan fingerprint density at radius 2 is 2.10 bits per heavy atom. The molecule has 0 amide bonds. The van der Waals surface area contributed by atoms with Crippen molar-refractivity contribution in [2.24, 2.45) is 0 Å². The zero-order valence-corrected chi connectivity index (χ0v) is 14.6. The van der Waals surface area contributed by atoms with Crippen LogP contribution in [0.2, 0.25) is 0 Å². The van der Waals surface area contributed by atoms with E-state index in [-0.39, 0.29) is 0 Å². The number of benzene rings is 1. The highest BCUT2D eigenvalue weighted by atomic mass is 79.9. The predicted molar refractivity (Wildman–Crippen MR) is 93.6 cm³/mol. The topological polar surface area (TPSA) is 8.17 Å².